The van der Waals surface area contributed by atoms with Gasteiger partial charge in [-0.25, -0.2) is 0 Å². The van der Waals surface area contributed by atoms with Gasteiger partial charge in [0.1, 0.15) is 11.4 Å². The molecule has 0 aliphatic rings. The van der Waals surface area contributed by atoms with Crippen LogP contribution in [0.5, 0.6) is 0 Å². The summed E-state index contributed by atoms with van der Waals surface area (Å²) in [5, 5.41) is 6.22. The van der Waals surface area contributed by atoms with Crippen LogP contribution in [0.4, 0.5) is 11.4 Å². The van der Waals surface area contributed by atoms with Crippen LogP contribution in [0, 0.1) is 0 Å². The lowest BCUT2D eigenvalue weighted by atomic mass is 10.1. The standard InChI is InChI=1S/C20H22N4O2/c1-24(2)16(15-6-4-3-5-7-15)13-23-18-17(19(25)20(18)26)22-12-14-8-10-21-11-9-14/h3-11,16,22-23H,12-13H2,1-2H3/t16-/m1/s1. The summed E-state index contributed by atoms with van der Waals surface area (Å²) in [5.41, 5.74) is 1.93. The van der Waals surface area contributed by atoms with Crippen LogP contribution < -0.4 is 21.5 Å². The molecule has 3 rings (SSSR count). The maximum atomic E-state index is 12.0. The monoisotopic (exact) mass is 350 g/mol. The molecule has 6 nitrogen and oxygen atoms in total. The SMILES string of the molecule is CN(C)[C@H](CNc1c(NCc2ccncc2)c(=O)c1=O)c1ccccc1. The number of aromatic nitrogens is 1. The highest BCUT2D eigenvalue weighted by Crippen LogP contribution is 2.21. The second-order valence-electron chi connectivity index (χ2n) is 6.39. The van der Waals surface area contributed by atoms with Crippen molar-refractivity contribution in [2.75, 3.05) is 31.3 Å². The molecule has 1 atom stereocenters. The molecule has 0 radical (unpaired) electrons. The van der Waals surface area contributed by atoms with E-state index >= 15 is 0 Å². The fourth-order valence-electron chi connectivity index (χ4n) is 2.89. The van der Waals surface area contributed by atoms with Crippen LogP contribution in [-0.4, -0.2) is 30.5 Å². The van der Waals surface area contributed by atoms with Crippen molar-refractivity contribution < 1.29 is 0 Å². The minimum absolute atomic E-state index is 0.0913. The first-order valence-corrected chi connectivity index (χ1v) is 8.49. The van der Waals surface area contributed by atoms with Gasteiger partial charge in [-0.3, -0.25) is 14.6 Å². The quantitative estimate of drug-likeness (QED) is 0.606. The van der Waals surface area contributed by atoms with E-state index in [1.165, 1.54) is 0 Å². The van der Waals surface area contributed by atoms with E-state index < -0.39 is 10.9 Å². The Labute approximate surface area is 152 Å². The molecule has 1 aromatic heterocycles. The molecule has 2 N–H and O–H groups in total. The molecule has 26 heavy (non-hydrogen) atoms. The van der Waals surface area contributed by atoms with Gasteiger partial charge in [0.2, 0.25) is 0 Å². The third kappa shape index (κ3) is 3.81. The number of rotatable bonds is 8. The normalized spacial score (nSPS) is 12.3. The summed E-state index contributed by atoms with van der Waals surface area (Å²) in [7, 11) is 3.98. The topological polar surface area (TPSA) is 74.3 Å². The molecule has 134 valence electrons. The first-order chi connectivity index (χ1) is 12.6. The van der Waals surface area contributed by atoms with E-state index in [-0.39, 0.29) is 6.04 Å². The van der Waals surface area contributed by atoms with Gasteiger partial charge in [0.05, 0.1) is 6.04 Å². The van der Waals surface area contributed by atoms with Crippen LogP contribution >= 0.6 is 0 Å². The maximum absolute atomic E-state index is 12.0. The van der Waals surface area contributed by atoms with E-state index in [1.54, 1.807) is 12.4 Å². The van der Waals surface area contributed by atoms with Gasteiger partial charge in [0, 0.05) is 25.5 Å². The van der Waals surface area contributed by atoms with Crippen LogP contribution in [0.25, 0.3) is 0 Å². The summed E-state index contributed by atoms with van der Waals surface area (Å²) < 4.78 is 0. The lowest BCUT2D eigenvalue weighted by molar-refractivity contribution is 0.312. The number of benzene rings is 1. The molecule has 0 saturated heterocycles. The van der Waals surface area contributed by atoms with Crippen molar-refractivity contribution in [2.24, 2.45) is 0 Å². The Morgan fingerprint density at radius 3 is 2.15 bits per heavy atom. The van der Waals surface area contributed by atoms with Gasteiger partial charge in [-0.2, -0.15) is 0 Å². The fraction of sp³-hybridized carbons (Fsp3) is 0.250. The second kappa shape index (κ2) is 7.93. The maximum Gasteiger partial charge on any atom is 0.253 e. The summed E-state index contributed by atoms with van der Waals surface area (Å²) >= 11 is 0. The second-order valence-corrected chi connectivity index (χ2v) is 6.39. The first kappa shape index (κ1) is 17.8. The van der Waals surface area contributed by atoms with Crippen LogP contribution in [-0.2, 0) is 6.54 Å². The molecule has 0 amide bonds. The Kier molecular flexibility index (Phi) is 5.43. The van der Waals surface area contributed by atoms with Gasteiger partial charge in [0.15, 0.2) is 0 Å². The van der Waals surface area contributed by atoms with Gasteiger partial charge in [-0.15, -0.1) is 0 Å². The number of hydrogen-bond acceptors (Lipinski definition) is 6. The molecule has 0 aliphatic carbocycles. The van der Waals surface area contributed by atoms with E-state index in [4.69, 9.17) is 0 Å². The Hall–Kier alpha value is -2.99. The summed E-state index contributed by atoms with van der Waals surface area (Å²) in [6.45, 7) is 1.00. The fourth-order valence-corrected chi connectivity index (χ4v) is 2.89. The Bertz CT molecular complexity index is 916. The largest absolute Gasteiger partial charge is 0.378 e. The number of nitrogens with one attached hydrogen (secondary N) is 2. The average molecular weight is 350 g/mol. The van der Waals surface area contributed by atoms with Gasteiger partial charge in [-0.05, 0) is 37.4 Å². The molecule has 0 spiro atoms. The molecular weight excluding hydrogens is 328 g/mol. The van der Waals surface area contributed by atoms with Gasteiger partial charge in [-0.1, -0.05) is 30.3 Å². The zero-order chi connectivity index (χ0) is 18.5. The van der Waals surface area contributed by atoms with E-state index in [1.807, 2.05) is 44.4 Å². The predicted octanol–water partition coefficient (Wildman–Crippen LogP) is 2.00. The van der Waals surface area contributed by atoms with Gasteiger partial charge < -0.3 is 15.5 Å². The highest BCUT2D eigenvalue weighted by atomic mass is 16.2. The zero-order valence-electron chi connectivity index (χ0n) is 14.9. The highest BCUT2D eigenvalue weighted by Gasteiger charge is 2.22. The molecule has 0 fully saturated rings. The lowest BCUT2D eigenvalue weighted by Crippen LogP contribution is -2.39. The van der Waals surface area contributed by atoms with Crippen molar-refractivity contribution in [1.29, 1.82) is 0 Å². The van der Waals surface area contributed by atoms with E-state index in [9.17, 15) is 9.59 Å². The van der Waals surface area contributed by atoms with Crippen LogP contribution in [0.15, 0.2) is 64.4 Å². The van der Waals surface area contributed by atoms with Crippen molar-refractivity contribution in [2.45, 2.75) is 12.6 Å². The molecular formula is C20H22N4O2. The highest BCUT2D eigenvalue weighted by molar-refractivity contribution is 5.74. The zero-order valence-corrected chi connectivity index (χ0v) is 14.9. The van der Waals surface area contributed by atoms with Crippen molar-refractivity contribution in [1.82, 2.24) is 9.88 Å². The number of likely N-dealkylation sites (N-methyl/N-ethyl adjacent to an activating group) is 1. The van der Waals surface area contributed by atoms with Crippen molar-refractivity contribution in [3.63, 3.8) is 0 Å². The molecule has 0 bridgehead atoms. The predicted molar refractivity (Wildman–Crippen MR) is 104 cm³/mol. The molecule has 1 heterocycles. The third-order valence-electron chi connectivity index (χ3n) is 4.41. The third-order valence-corrected chi connectivity index (χ3v) is 4.41. The minimum atomic E-state index is -0.470. The molecule has 6 heteroatoms. The van der Waals surface area contributed by atoms with Gasteiger partial charge >= 0.3 is 0 Å². The number of pyridine rings is 1. The van der Waals surface area contributed by atoms with Crippen molar-refractivity contribution >= 4 is 11.4 Å². The average Bonchev–Trinajstić information content (AvgIpc) is 2.67. The summed E-state index contributed by atoms with van der Waals surface area (Å²) in [5.74, 6) is 0. The minimum Gasteiger partial charge on any atom is -0.378 e. The number of nitrogens with zero attached hydrogens (tertiary/aromatic N) is 2. The van der Waals surface area contributed by atoms with Crippen LogP contribution in [0.3, 0.4) is 0 Å². The summed E-state index contributed by atoms with van der Waals surface area (Å²) in [6, 6.07) is 13.9. The van der Waals surface area contributed by atoms with Crippen LogP contribution in [0.1, 0.15) is 17.2 Å². The molecule has 0 saturated carbocycles. The number of anilines is 2. The number of hydrogen-bond donors (Lipinski definition) is 2. The first-order valence-electron chi connectivity index (χ1n) is 8.49. The van der Waals surface area contributed by atoms with E-state index in [0.717, 1.165) is 11.1 Å². The molecule has 0 aliphatic heterocycles. The Balaban J connectivity index is 1.69. The molecule has 3 aromatic rings. The van der Waals surface area contributed by atoms with Crippen molar-refractivity contribution in [3.8, 4) is 0 Å². The summed E-state index contributed by atoms with van der Waals surface area (Å²) in [4.78, 5) is 29.9. The smallest absolute Gasteiger partial charge is 0.253 e. The van der Waals surface area contributed by atoms with Crippen molar-refractivity contribution in [3.05, 3.63) is 86.4 Å². The Morgan fingerprint density at radius 1 is 0.923 bits per heavy atom. The lowest BCUT2D eigenvalue weighted by Gasteiger charge is -2.26. The Morgan fingerprint density at radius 2 is 1.54 bits per heavy atom. The van der Waals surface area contributed by atoms with E-state index in [2.05, 4.69) is 32.7 Å². The van der Waals surface area contributed by atoms with Gasteiger partial charge in [0.25, 0.3) is 10.9 Å². The van der Waals surface area contributed by atoms with E-state index in [0.29, 0.717) is 24.5 Å². The molecule has 0 unspecified atom stereocenters. The molecule has 2 aromatic carbocycles. The van der Waals surface area contributed by atoms with Crippen LogP contribution in [0.2, 0.25) is 0 Å². The summed E-state index contributed by atoms with van der Waals surface area (Å²) in [6.07, 6.45) is 3.39.